The number of aliphatic imine (C=N–C) groups is 1. The highest BCUT2D eigenvalue weighted by Gasteiger charge is 2.26. The van der Waals surface area contributed by atoms with Crippen LogP contribution in [0.4, 0.5) is 0 Å². The number of aromatic nitrogens is 1. The van der Waals surface area contributed by atoms with Crippen molar-refractivity contribution in [3.8, 4) is 0 Å². The van der Waals surface area contributed by atoms with Crippen molar-refractivity contribution >= 4 is 49.4 Å². The maximum absolute atomic E-state index is 13.2. The second-order valence-electron chi connectivity index (χ2n) is 7.10. The molecule has 3 aromatic rings. The number of nitrogens with two attached hydrogens (primary N) is 2. The number of carbonyl (C=O) groups is 2. The van der Waals surface area contributed by atoms with Crippen LogP contribution in [0.2, 0.25) is 5.54 Å². The van der Waals surface area contributed by atoms with E-state index in [0.29, 0.717) is 30.8 Å². The van der Waals surface area contributed by atoms with Crippen molar-refractivity contribution in [2.24, 2.45) is 16.5 Å². The van der Waals surface area contributed by atoms with E-state index in [1.807, 2.05) is 54.6 Å². The molecule has 0 aliphatic rings. The summed E-state index contributed by atoms with van der Waals surface area (Å²) in [4.78, 5) is 34.4. The maximum atomic E-state index is 13.2. The van der Waals surface area contributed by atoms with Crippen LogP contribution >= 0.6 is 11.3 Å². The molecule has 9 heteroatoms. The molecule has 159 valence electrons. The van der Waals surface area contributed by atoms with E-state index in [0.717, 1.165) is 15.8 Å². The van der Waals surface area contributed by atoms with Crippen LogP contribution in [0.5, 0.6) is 0 Å². The van der Waals surface area contributed by atoms with E-state index in [2.05, 4.69) is 25.5 Å². The average molecular weight is 451 g/mol. The third-order valence-electron chi connectivity index (χ3n) is 4.68. The van der Waals surface area contributed by atoms with Crippen molar-refractivity contribution < 1.29 is 9.59 Å². The van der Waals surface area contributed by atoms with Crippen LogP contribution in [0, 0.1) is 0 Å². The summed E-state index contributed by atoms with van der Waals surface area (Å²) in [6.45, 7) is 0.378. The number of rotatable bonds is 10. The van der Waals surface area contributed by atoms with Crippen molar-refractivity contribution in [2.45, 2.75) is 30.8 Å². The molecule has 3 radical (unpaired) electrons. The highest BCUT2D eigenvalue weighted by Crippen LogP contribution is 2.23. The molecule has 5 N–H and O–H groups in total. The summed E-state index contributed by atoms with van der Waals surface area (Å²) >= 11 is 1.32. The number of hydrogen-bond donors (Lipinski definition) is 3. The minimum Gasteiger partial charge on any atom is -0.370 e. The summed E-state index contributed by atoms with van der Waals surface area (Å²) in [6, 6.07) is 16.6. The van der Waals surface area contributed by atoms with Gasteiger partial charge in [-0.25, -0.2) is 4.98 Å². The molecular weight excluding hydrogens is 426 g/mol. The molecule has 0 aliphatic carbocycles. The lowest BCUT2D eigenvalue weighted by Gasteiger charge is -2.19. The number of ketones is 1. The van der Waals surface area contributed by atoms with Gasteiger partial charge in [0.05, 0.1) is 16.3 Å². The average Bonchev–Trinajstić information content (AvgIpc) is 3.20. The zero-order valence-corrected chi connectivity index (χ0v) is 18.8. The molecular formula is C22H24N5O2SSi. The van der Waals surface area contributed by atoms with Crippen LogP contribution in [-0.2, 0) is 11.2 Å². The number of para-hydroxylation sites is 1. The van der Waals surface area contributed by atoms with Crippen LogP contribution in [0.15, 0.2) is 59.6 Å². The zero-order valence-electron chi connectivity index (χ0n) is 17.0. The highest BCUT2D eigenvalue weighted by atomic mass is 32.1. The molecule has 0 bridgehead atoms. The van der Waals surface area contributed by atoms with Crippen molar-refractivity contribution in [3.63, 3.8) is 0 Å². The Hall–Kier alpha value is -3.04. The quantitative estimate of drug-likeness (QED) is 0.144. The van der Waals surface area contributed by atoms with Crippen molar-refractivity contribution in [1.82, 2.24) is 10.3 Å². The molecule has 0 saturated carbocycles. The van der Waals surface area contributed by atoms with Crippen LogP contribution < -0.4 is 16.8 Å². The van der Waals surface area contributed by atoms with Crippen LogP contribution in [-0.4, -0.2) is 45.5 Å². The van der Waals surface area contributed by atoms with E-state index >= 15 is 0 Å². The molecule has 1 amide bonds. The lowest BCUT2D eigenvalue weighted by molar-refractivity contribution is -0.121. The SMILES string of the molecule is NC(N)=NCCC[C@H](NC(=O)C([Si])Cc1ccccc1)C(=O)c1nc2ccccc2s1. The van der Waals surface area contributed by atoms with Gasteiger partial charge in [0.25, 0.3) is 0 Å². The fourth-order valence-corrected chi connectivity index (χ4v) is 4.39. The first-order chi connectivity index (χ1) is 14.9. The van der Waals surface area contributed by atoms with Gasteiger partial charge in [0.15, 0.2) is 11.0 Å². The first kappa shape index (κ1) is 22.6. The highest BCUT2D eigenvalue weighted by molar-refractivity contribution is 7.20. The van der Waals surface area contributed by atoms with Crippen molar-refractivity contribution in [2.75, 3.05) is 6.54 Å². The van der Waals surface area contributed by atoms with Crippen LogP contribution in [0.25, 0.3) is 10.2 Å². The first-order valence-electron chi connectivity index (χ1n) is 9.94. The Morgan fingerprint density at radius 2 is 1.81 bits per heavy atom. The number of carbonyl (C=O) groups excluding carboxylic acids is 2. The second kappa shape index (κ2) is 10.8. The third-order valence-corrected chi connectivity index (χ3v) is 6.20. The monoisotopic (exact) mass is 450 g/mol. The standard InChI is InChI=1S/C22H24N5O2SSi/c23-22(24)25-12-6-10-16(19(28)21-27-15-9-4-5-11-17(15)30-21)26-20(29)18(31)13-14-7-2-1-3-8-14/h1-5,7-9,11,16,18H,6,10,12-13H2,(H,26,29)(H4,23,24,25)/t16-,18?/m0/s1. The van der Waals surface area contributed by atoms with E-state index in [9.17, 15) is 9.59 Å². The number of fused-ring (bicyclic) bond motifs is 1. The van der Waals surface area contributed by atoms with E-state index in [1.54, 1.807) is 0 Å². The minimum atomic E-state index is -0.711. The van der Waals surface area contributed by atoms with Crippen molar-refractivity contribution in [1.29, 1.82) is 0 Å². The number of Topliss-reactive ketones (excluding diaryl/α,β-unsaturated/α-hetero) is 1. The van der Waals surface area contributed by atoms with Crippen LogP contribution in [0.1, 0.15) is 28.2 Å². The largest absolute Gasteiger partial charge is 0.370 e. The van der Waals surface area contributed by atoms with Gasteiger partial charge in [0, 0.05) is 22.3 Å². The van der Waals surface area contributed by atoms with Gasteiger partial charge in [-0.3, -0.25) is 14.6 Å². The van der Waals surface area contributed by atoms with Gasteiger partial charge < -0.3 is 16.8 Å². The fourth-order valence-electron chi connectivity index (χ4n) is 3.11. The van der Waals surface area contributed by atoms with Gasteiger partial charge in [-0.05, 0) is 37.0 Å². The predicted octanol–water partition coefficient (Wildman–Crippen LogP) is 2.22. The summed E-state index contributed by atoms with van der Waals surface area (Å²) in [7, 11) is 3.51. The Morgan fingerprint density at radius 1 is 1.10 bits per heavy atom. The molecule has 1 unspecified atom stereocenters. The Balaban J connectivity index is 1.72. The zero-order chi connectivity index (χ0) is 22.2. The molecule has 0 aliphatic heterocycles. The number of guanidine groups is 1. The Bertz CT molecular complexity index is 1030. The summed E-state index contributed by atoms with van der Waals surface area (Å²) in [5, 5.41) is 3.26. The number of amides is 1. The smallest absolute Gasteiger partial charge is 0.220 e. The normalized spacial score (nSPS) is 12.8. The van der Waals surface area contributed by atoms with E-state index in [1.165, 1.54) is 11.3 Å². The maximum Gasteiger partial charge on any atom is 0.220 e. The molecule has 31 heavy (non-hydrogen) atoms. The topological polar surface area (TPSA) is 123 Å². The Morgan fingerprint density at radius 3 is 2.52 bits per heavy atom. The molecule has 0 spiro atoms. The Labute approximate surface area is 188 Å². The number of benzene rings is 2. The summed E-state index contributed by atoms with van der Waals surface area (Å²) < 4.78 is 0.929. The molecule has 0 saturated heterocycles. The number of hydrogen-bond acceptors (Lipinski definition) is 5. The summed E-state index contributed by atoms with van der Waals surface area (Å²) in [6.07, 6.45) is 1.46. The van der Waals surface area contributed by atoms with Gasteiger partial charge in [0.1, 0.15) is 0 Å². The Kier molecular flexibility index (Phi) is 7.91. The second-order valence-corrected chi connectivity index (χ2v) is 8.83. The van der Waals surface area contributed by atoms with Gasteiger partial charge in [0.2, 0.25) is 11.7 Å². The van der Waals surface area contributed by atoms with Crippen molar-refractivity contribution in [3.05, 3.63) is 65.2 Å². The van der Waals surface area contributed by atoms with E-state index in [4.69, 9.17) is 11.5 Å². The fraction of sp³-hybridized carbons (Fsp3) is 0.273. The first-order valence-corrected chi connectivity index (χ1v) is 11.3. The van der Waals surface area contributed by atoms with E-state index < -0.39 is 11.6 Å². The van der Waals surface area contributed by atoms with Gasteiger partial charge in [-0.2, -0.15) is 0 Å². The summed E-state index contributed by atoms with van der Waals surface area (Å²) in [5.41, 5.74) is 12.1. The molecule has 1 heterocycles. The third kappa shape index (κ3) is 6.47. The van der Waals surface area contributed by atoms with Gasteiger partial charge in [-0.1, -0.05) is 42.5 Å². The number of nitrogens with zero attached hydrogens (tertiary/aromatic N) is 2. The summed E-state index contributed by atoms with van der Waals surface area (Å²) in [5.74, 6) is -0.458. The molecule has 0 fully saturated rings. The van der Waals surface area contributed by atoms with Crippen LogP contribution in [0.3, 0.4) is 0 Å². The van der Waals surface area contributed by atoms with E-state index in [-0.39, 0.29) is 17.6 Å². The number of thiazole rings is 1. The molecule has 3 rings (SSSR count). The molecule has 7 nitrogen and oxygen atoms in total. The lowest BCUT2D eigenvalue weighted by Crippen LogP contribution is -2.43. The minimum absolute atomic E-state index is 0.00108. The van der Waals surface area contributed by atoms with Gasteiger partial charge >= 0.3 is 0 Å². The number of nitrogens with one attached hydrogen (secondary N) is 1. The van der Waals surface area contributed by atoms with Gasteiger partial charge in [-0.15, -0.1) is 11.3 Å². The molecule has 1 aromatic heterocycles. The molecule has 2 aromatic carbocycles. The molecule has 2 atom stereocenters. The predicted molar refractivity (Wildman–Crippen MR) is 125 cm³/mol. The lowest BCUT2D eigenvalue weighted by atomic mass is 10.1.